The number of hydrogen-bond donors (Lipinski definition) is 1. The van der Waals surface area contributed by atoms with Crippen LogP contribution in [0.15, 0.2) is 29.1 Å². The molecule has 1 heterocycles. The molecule has 1 aromatic carbocycles. The number of carbonyl (C=O) groups is 1. The predicted octanol–water partition coefficient (Wildman–Crippen LogP) is 1.39. The summed E-state index contributed by atoms with van der Waals surface area (Å²) < 4.78 is 41.9. The van der Waals surface area contributed by atoms with Gasteiger partial charge >= 0.3 is 5.97 Å². The van der Waals surface area contributed by atoms with Crippen LogP contribution in [-0.4, -0.2) is 32.2 Å². The van der Waals surface area contributed by atoms with Crippen LogP contribution in [0.5, 0.6) is 0 Å². The number of pyridine rings is 1. The number of halogens is 1. The van der Waals surface area contributed by atoms with Crippen LogP contribution in [0.3, 0.4) is 0 Å². The summed E-state index contributed by atoms with van der Waals surface area (Å²) in [7, 11) is -2.50. The lowest BCUT2D eigenvalue weighted by molar-refractivity contribution is -0.144. The highest BCUT2D eigenvalue weighted by Crippen LogP contribution is 2.15. The van der Waals surface area contributed by atoms with Crippen LogP contribution in [0.2, 0.25) is 0 Å². The monoisotopic (exact) mass is 341 g/mol. The molecule has 0 spiro atoms. The number of sulfone groups is 1. The predicted molar refractivity (Wildman–Crippen MR) is 83.2 cm³/mol. The van der Waals surface area contributed by atoms with Gasteiger partial charge in [0.15, 0.2) is 9.84 Å². The molecule has 0 saturated carbocycles. The van der Waals surface area contributed by atoms with E-state index in [1.54, 1.807) is 0 Å². The maximum atomic E-state index is 13.1. The minimum Gasteiger partial charge on any atom is -0.469 e. The highest BCUT2D eigenvalue weighted by molar-refractivity contribution is 7.90. The zero-order valence-corrected chi connectivity index (χ0v) is 13.4. The first-order chi connectivity index (χ1) is 10.7. The van der Waals surface area contributed by atoms with Crippen molar-refractivity contribution < 1.29 is 22.3 Å². The smallest absolute Gasteiger partial charge is 0.309 e. The molecule has 2 rings (SSSR count). The summed E-state index contributed by atoms with van der Waals surface area (Å²) in [6.45, 7) is 1.44. The van der Waals surface area contributed by atoms with E-state index >= 15 is 0 Å². The van der Waals surface area contributed by atoms with Crippen molar-refractivity contribution in [2.45, 2.75) is 12.7 Å². The Balaban J connectivity index is 2.30. The summed E-state index contributed by atoms with van der Waals surface area (Å²) in [6, 6.07) is 5.24. The molecule has 0 amide bonds. The SMILES string of the molecule is COC(=O)C(C)CS(=O)(=O)Cc1cc2ccc(F)cc2[nH]c1=O. The third kappa shape index (κ3) is 4.16. The van der Waals surface area contributed by atoms with E-state index in [9.17, 15) is 22.4 Å². The number of benzene rings is 1. The number of aromatic amines is 1. The number of hydrogen-bond acceptors (Lipinski definition) is 5. The topological polar surface area (TPSA) is 93.3 Å². The summed E-state index contributed by atoms with van der Waals surface area (Å²) in [5.41, 5.74) is -0.266. The molecule has 8 heteroatoms. The van der Waals surface area contributed by atoms with Gasteiger partial charge in [-0.3, -0.25) is 9.59 Å². The standard InChI is InChI=1S/C15H16FNO5S/c1-9(15(19)22-2)7-23(20,21)8-11-5-10-3-4-12(16)6-13(10)17-14(11)18/h3-6,9H,7-8H2,1-2H3,(H,17,18). The Kier molecular flexibility index (Phi) is 4.84. The number of rotatable bonds is 5. The summed E-state index contributed by atoms with van der Waals surface area (Å²) in [5.74, 6) is -2.87. The Morgan fingerprint density at radius 2 is 2.04 bits per heavy atom. The van der Waals surface area contributed by atoms with Crippen LogP contribution < -0.4 is 5.56 Å². The fourth-order valence-electron chi connectivity index (χ4n) is 2.27. The van der Waals surface area contributed by atoms with Gasteiger partial charge in [-0.1, -0.05) is 6.92 Å². The number of carbonyl (C=O) groups excluding carboxylic acids is 1. The number of ether oxygens (including phenoxy) is 1. The quantitative estimate of drug-likeness (QED) is 0.830. The molecular formula is C15H16FNO5S. The second-order valence-electron chi connectivity index (χ2n) is 5.33. The van der Waals surface area contributed by atoms with Crippen molar-refractivity contribution in [1.29, 1.82) is 0 Å². The third-order valence-electron chi connectivity index (χ3n) is 3.37. The minimum absolute atomic E-state index is 0.0428. The van der Waals surface area contributed by atoms with Crippen molar-refractivity contribution in [3.05, 3.63) is 46.0 Å². The van der Waals surface area contributed by atoms with Crippen LogP contribution >= 0.6 is 0 Å². The number of nitrogens with one attached hydrogen (secondary N) is 1. The van der Waals surface area contributed by atoms with Gasteiger partial charge in [-0.15, -0.1) is 0 Å². The molecule has 0 saturated heterocycles. The first-order valence-corrected chi connectivity index (χ1v) is 8.63. The molecule has 124 valence electrons. The van der Waals surface area contributed by atoms with Gasteiger partial charge in [0.2, 0.25) is 0 Å². The van der Waals surface area contributed by atoms with E-state index in [-0.39, 0.29) is 5.56 Å². The van der Waals surface area contributed by atoms with E-state index in [0.29, 0.717) is 10.9 Å². The second kappa shape index (κ2) is 6.49. The van der Waals surface area contributed by atoms with Crippen molar-refractivity contribution in [1.82, 2.24) is 4.98 Å². The first kappa shape index (κ1) is 17.1. The Morgan fingerprint density at radius 1 is 1.35 bits per heavy atom. The van der Waals surface area contributed by atoms with Crippen LogP contribution in [0.25, 0.3) is 10.9 Å². The molecule has 1 atom stereocenters. The molecule has 0 bridgehead atoms. The van der Waals surface area contributed by atoms with E-state index in [2.05, 4.69) is 9.72 Å². The van der Waals surface area contributed by atoms with Crippen LogP contribution in [-0.2, 0) is 25.1 Å². The maximum Gasteiger partial charge on any atom is 0.309 e. The normalized spacial score (nSPS) is 13.0. The Morgan fingerprint density at radius 3 is 2.70 bits per heavy atom. The van der Waals surface area contributed by atoms with Gasteiger partial charge in [0.25, 0.3) is 5.56 Å². The largest absolute Gasteiger partial charge is 0.469 e. The molecule has 2 aromatic rings. The van der Waals surface area contributed by atoms with Gasteiger partial charge in [0, 0.05) is 5.56 Å². The van der Waals surface area contributed by atoms with Crippen LogP contribution in [0, 0.1) is 11.7 Å². The van der Waals surface area contributed by atoms with Crippen molar-refractivity contribution in [2.75, 3.05) is 12.9 Å². The average molecular weight is 341 g/mol. The number of esters is 1. The number of aromatic nitrogens is 1. The molecule has 1 aromatic heterocycles. The Labute approximate surface area is 132 Å². The summed E-state index contributed by atoms with van der Waals surface area (Å²) in [6.07, 6.45) is 0. The van der Waals surface area contributed by atoms with Crippen molar-refractivity contribution >= 4 is 26.7 Å². The van der Waals surface area contributed by atoms with Gasteiger partial charge in [-0.25, -0.2) is 12.8 Å². The zero-order chi connectivity index (χ0) is 17.2. The van der Waals surface area contributed by atoms with E-state index in [0.717, 1.165) is 6.07 Å². The van der Waals surface area contributed by atoms with Gasteiger partial charge in [-0.2, -0.15) is 0 Å². The van der Waals surface area contributed by atoms with Gasteiger partial charge in [0.1, 0.15) is 5.82 Å². The summed E-state index contributed by atoms with van der Waals surface area (Å²) in [4.78, 5) is 25.7. The molecule has 0 radical (unpaired) electrons. The molecule has 0 aliphatic heterocycles. The molecule has 23 heavy (non-hydrogen) atoms. The molecule has 0 aliphatic carbocycles. The van der Waals surface area contributed by atoms with Gasteiger partial charge in [-0.05, 0) is 29.7 Å². The Bertz CT molecular complexity index is 904. The lowest BCUT2D eigenvalue weighted by atomic mass is 10.2. The van der Waals surface area contributed by atoms with Crippen molar-refractivity contribution in [3.8, 4) is 0 Å². The number of methoxy groups -OCH3 is 1. The van der Waals surface area contributed by atoms with Crippen LogP contribution in [0.1, 0.15) is 12.5 Å². The molecular weight excluding hydrogens is 325 g/mol. The number of fused-ring (bicyclic) bond motifs is 1. The first-order valence-electron chi connectivity index (χ1n) is 6.81. The second-order valence-corrected chi connectivity index (χ2v) is 7.44. The minimum atomic E-state index is -3.68. The lowest BCUT2D eigenvalue weighted by Crippen LogP contribution is -2.25. The molecule has 0 fully saturated rings. The Hall–Kier alpha value is -2.22. The van der Waals surface area contributed by atoms with E-state index in [1.165, 1.54) is 32.2 Å². The third-order valence-corrected chi connectivity index (χ3v) is 5.13. The molecule has 0 aliphatic rings. The fraction of sp³-hybridized carbons (Fsp3) is 0.333. The fourth-order valence-corrected chi connectivity index (χ4v) is 3.98. The maximum absolute atomic E-state index is 13.1. The molecule has 1 N–H and O–H groups in total. The van der Waals surface area contributed by atoms with Crippen LogP contribution in [0.4, 0.5) is 4.39 Å². The molecule has 6 nitrogen and oxygen atoms in total. The van der Waals surface area contributed by atoms with Crippen molar-refractivity contribution in [3.63, 3.8) is 0 Å². The lowest BCUT2D eigenvalue weighted by Gasteiger charge is -2.10. The van der Waals surface area contributed by atoms with Crippen molar-refractivity contribution in [2.24, 2.45) is 5.92 Å². The highest BCUT2D eigenvalue weighted by Gasteiger charge is 2.23. The highest BCUT2D eigenvalue weighted by atomic mass is 32.2. The molecule has 1 unspecified atom stereocenters. The average Bonchev–Trinajstić information content (AvgIpc) is 2.46. The van der Waals surface area contributed by atoms with E-state index in [1.807, 2.05) is 0 Å². The summed E-state index contributed by atoms with van der Waals surface area (Å²) in [5, 5.41) is 0.525. The van der Waals surface area contributed by atoms with E-state index in [4.69, 9.17) is 0 Å². The van der Waals surface area contributed by atoms with Gasteiger partial charge in [0.05, 0.1) is 30.1 Å². The zero-order valence-electron chi connectivity index (χ0n) is 12.6. The van der Waals surface area contributed by atoms with Gasteiger partial charge < -0.3 is 9.72 Å². The number of H-pyrrole nitrogens is 1. The summed E-state index contributed by atoms with van der Waals surface area (Å²) >= 11 is 0. The van der Waals surface area contributed by atoms with E-state index < -0.39 is 44.6 Å².